The topological polar surface area (TPSA) is 86.8 Å². The van der Waals surface area contributed by atoms with Crippen LogP contribution in [-0.2, 0) is 32.6 Å². The quantitative estimate of drug-likeness (QED) is 0.190. The van der Waals surface area contributed by atoms with Crippen molar-refractivity contribution in [2.45, 2.75) is 75.9 Å². The lowest BCUT2D eigenvalue weighted by molar-refractivity contribution is -0.140. The minimum absolute atomic E-state index is 0.0537. The van der Waals surface area contributed by atoms with Crippen molar-refractivity contribution in [3.8, 4) is 0 Å². The molecule has 5 rings (SSSR count). The van der Waals surface area contributed by atoms with E-state index in [9.17, 15) is 18.0 Å². The second-order valence-electron chi connectivity index (χ2n) is 12.2. The second kappa shape index (κ2) is 15.2. The first-order valence-electron chi connectivity index (χ1n) is 16.0. The molecule has 1 N–H and O–H groups in total. The van der Waals surface area contributed by atoms with Crippen LogP contribution in [0.4, 0.5) is 5.69 Å². The number of amides is 2. The minimum atomic E-state index is -4.12. The maximum atomic E-state index is 14.6. The van der Waals surface area contributed by atoms with Gasteiger partial charge in [0.25, 0.3) is 10.0 Å². The van der Waals surface area contributed by atoms with Gasteiger partial charge in [-0.1, -0.05) is 115 Å². The number of hydrogen-bond acceptors (Lipinski definition) is 4. The average molecular weight is 638 g/mol. The number of carbonyl (C=O) groups is 2. The van der Waals surface area contributed by atoms with E-state index in [2.05, 4.69) is 5.32 Å². The van der Waals surface area contributed by atoms with Crippen LogP contribution in [0, 0.1) is 13.8 Å². The zero-order chi connectivity index (χ0) is 32.5. The van der Waals surface area contributed by atoms with E-state index in [1.165, 1.54) is 12.1 Å². The zero-order valence-corrected chi connectivity index (χ0v) is 27.5. The highest BCUT2D eigenvalue weighted by atomic mass is 32.2. The molecule has 7 nitrogen and oxygen atoms in total. The van der Waals surface area contributed by atoms with Gasteiger partial charge in [-0.3, -0.25) is 13.9 Å². The average Bonchev–Trinajstić information content (AvgIpc) is 3.07. The van der Waals surface area contributed by atoms with Gasteiger partial charge >= 0.3 is 0 Å². The standard InChI is InChI=1S/C38H43N3O4S/c1-29-21-23-34(24-22-29)41(46(44,45)35-19-10-5-11-20-35)28-37(42)40(27-32-16-12-13-30(2)25-32)36(26-31-14-6-3-7-15-31)38(43)39-33-17-8-4-9-18-33/h3,5-7,10-16,19-25,33,36H,4,8-9,17-18,26-28H2,1-2H3,(H,39,43)/t36-/m0/s1. The maximum Gasteiger partial charge on any atom is 0.264 e. The van der Waals surface area contributed by atoms with Crippen molar-refractivity contribution in [2.75, 3.05) is 10.8 Å². The van der Waals surface area contributed by atoms with Crippen LogP contribution >= 0.6 is 0 Å². The third-order valence-corrected chi connectivity index (χ3v) is 10.4. The summed E-state index contributed by atoms with van der Waals surface area (Å²) in [6.45, 7) is 3.60. The molecule has 0 spiro atoms. The summed E-state index contributed by atoms with van der Waals surface area (Å²) in [6, 6.07) is 31.9. The van der Waals surface area contributed by atoms with Crippen LogP contribution in [0.25, 0.3) is 0 Å². The molecule has 0 bridgehead atoms. The van der Waals surface area contributed by atoms with Crippen LogP contribution in [0.1, 0.15) is 54.4 Å². The fourth-order valence-corrected chi connectivity index (χ4v) is 7.50. The lowest BCUT2D eigenvalue weighted by Gasteiger charge is -2.35. The molecule has 4 aromatic rings. The lowest BCUT2D eigenvalue weighted by Crippen LogP contribution is -2.55. The number of benzene rings is 4. The molecule has 46 heavy (non-hydrogen) atoms. The van der Waals surface area contributed by atoms with Crippen molar-refractivity contribution in [1.82, 2.24) is 10.2 Å². The highest BCUT2D eigenvalue weighted by Crippen LogP contribution is 2.26. The van der Waals surface area contributed by atoms with Gasteiger partial charge in [-0.15, -0.1) is 0 Å². The summed E-state index contributed by atoms with van der Waals surface area (Å²) >= 11 is 0. The van der Waals surface area contributed by atoms with Crippen LogP contribution in [-0.4, -0.2) is 43.8 Å². The predicted octanol–water partition coefficient (Wildman–Crippen LogP) is 6.59. The monoisotopic (exact) mass is 637 g/mol. The highest BCUT2D eigenvalue weighted by Gasteiger charge is 2.35. The van der Waals surface area contributed by atoms with Gasteiger partial charge in [0.1, 0.15) is 12.6 Å². The molecule has 0 radical (unpaired) electrons. The number of hydrogen-bond donors (Lipinski definition) is 1. The van der Waals surface area contributed by atoms with Crippen LogP contribution in [0.5, 0.6) is 0 Å². The Hall–Kier alpha value is -4.43. The fraction of sp³-hybridized carbons (Fsp3) is 0.316. The summed E-state index contributed by atoms with van der Waals surface area (Å²) in [4.78, 5) is 30.5. The van der Waals surface area contributed by atoms with Crippen LogP contribution in [0.2, 0.25) is 0 Å². The summed E-state index contributed by atoms with van der Waals surface area (Å²) in [5, 5.41) is 3.25. The number of rotatable bonds is 12. The molecule has 1 atom stereocenters. The van der Waals surface area contributed by atoms with Crippen LogP contribution < -0.4 is 9.62 Å². The van der Waals surface area contributed by atoms with E-state index in [1.807, 2.05) is 80.6 Å². The third-order valence-electron chi connectivity index (χ3n) is 8.59. The fourth-order valence-electron chi connectivity index (χ4n) is 6.06. The summed E-state index contributed by atoms with van der Waals surface area (Å²) in [7, 11) is -4.12. The van der Waals surface area contributed by atoms with Crippen molar-refractivity contribution in [1.29, 1.82) is 0 Å². The zero-order valence-electron chi connectivity index (χ0n) is 26.6. The van der Waals surface area contributed by atoms with Gasteiger partial charge in [0, 0.05) is 19.0 Å². The van der Waals surface area contributed by atoms with E-state index in [0.717, 1.165) is 58.7 Å². The Kier molecular flexibility index (Phi) is 10.9. The van der Waals surface area contributed by atoms with Crippen molar-refractivity contribution < 1.29 is 18.0 Å². The van der Waals surface area contributed by atoms with Gasteiger partial charge in [-0.2, -0.15) is 0 Å². The Balaban J connectivity index is 1.55. The SMILES string of the molecule is Cc1ccc(N(CC(=O)N(Cc2cccc(C)c2)[C@@H](Cc2ccccc2)C(=O)NC2CCCCC2)S(=O)(=O)c2ccccc2)cc1. The van der Waals surface area contributed by atoms with E-state index in [-0.39, 0.29) is 23.4 Å². The largest absolute Gasteiger partial charge is 0.352 e. The molecule has 8 heteroatoms. The number of carbonyl (C=O) groups excluding carboxylic acids is 2. The molecule has 4 aromatic carbocycles. The van der Waals surface area contributed by atoms with Gasteiger partial charge in [0.15, 0.2) is 0 Å². The molecule has 1 aliphatic carbocycles. The van der Waals surface area contributed by atoms with Crippen molar-refractivity contribution in [3.05, 3.63) is 131 Å². The van der Waals surface area contributed by atoms with E-state index in [4.69, 9.17) is 0 Å². The van der Waals surface area contributed by atoms with Crippen LogP contribution in [0.3, 0.4) is 0 Å². The van der Waals surface area contributed by atoms with Gasteiger partial charge < -0.3 is 10.2 Å². The summed E-state index contributed by atoms with van der Waals surface area (Å²) < 4.78 is 29.4. The smallest absolute Gasteiger partial charge is 0.264 e. The molecule has 0 heterocycles. The van der Waals surface area contributed by atoms with Gasteiger partial charge in [0.2, 0.25) is 11.8 Å². The Morgan fingerprint density at radius 2 is 1.39 bits per heavy atom. The molecule has 0 aliphatic heterocycles. The molecule has 0 aromatic heterocycles. The molecule has 1 aliphatic rings. The van der Waals surface area contributed by atoms with Crippen LogP contribution in [0.15, 0.2) is 114 Å². The van der Waals surface area contributed by atoms with E-state index < -0.39 is 28.5 Å². The Morgan fingerprint density at radius 3 is 2.04 bits per heavy atom. The van der Waals surface area contributed by atoms with Crippen molar-refractivity contribution in [2.24, 2.45) is 0 Å². The molecule has 1 saturated carbocycles. The first-order chi connectivity index (χ1) is 22.2. The summed E-state index contributed by atoms with van der Waals surface area (Å²) in [5.74, 6) is -0.675. The number of aryl methyl sites for hydroxylation is 2. The molecule has 0 unspecified atom stereocenters. The van der Waals surface area contributed by atoms with Crippen molar-refractivity contribution in [3.63, 3.8) is 0 Å². The number of nitrogens with zero attached hydrogens (tertiary/aromatic N) is 2. The summed E-state index contributed by atoms with van der Waals surface area (Å²) in [6.07, 6.45) is 5.39. The molecule has 1 fully saturated rings. The number of sulfonamides is 1. The molecule has 2 amide bonds. The lowest BCUT2D eigenvalue weighted by atomic mass is 9.94. The van der Waals surface area contributed by atoms with Gasteiger partial charge in [-0.25, -0.2) is 8.42 Å². The van der Waals surface area contributed by atoms with E-state index >= 15 is 0 Å². The number of nitrogens with one attached hydrogen (secondary N) is 1. The Morgan fingerprint density at radius 1 is 0.761 bits per heavy atom. The van der Waals surface area contributed by atoms with Crippen molar-refractivity contribution >= 4 is 27.5 Å². The van der Waals surface area contributed by atoms with Gasteiger partial charge in [-0.05, 0) is 62.1 Å². The summed E-state index contributed by atoms with van der Waals surface area (Å²) in [5.41, 5.74) is 4.16. The maximum absolute atomic E-state index is 14.6. The molecule has 0 saturated heterocycles. The minimum Gasteiger partial charge on any atom is -0.352 e. The molecular weight excluding hydrogens is 595 g/mol. The highest BCUT2D eigenvalue weighted by molar-refractivity contribution is 7.92. The Bertz CT molecular complexity index is 1700. The Labute approximate surface area is 273 Å². The first kappa shape index (κ1) is 32.9. The normalized spacial score (nSPS) is 14.3. The number of anilines is 1. The van der Waals surface area contributed by atoms with Gasteiger partial charge in [0.05, 0.1) is 10.6 Å². The third kappa shape index (κ3) is 8.43. The second-order valence-corrected chi connectivity index (χ2v) is 14.1. The first-order valence-corrected chi connectivity index (χ1v) is 17.5. The molecular formula is C38H43N3O4S. The molecule has 240 valence electrons. The van der Waals surface area contributed by atoms with E-state index in [0.29, 0.717) is 12.1 Å². The van der Waals surface area contributed by atoms with E-state index in [1.54, 1.807) is 35.2 Å². The predicted molar refractivity (Wildman–Crippen MR) is 183 cm³/mol.